The molecule has 0 atom stereocenters. The molecular formula is C19H25N3S. The van der Waals surface area contributed by atoms with E-state index in [2.05, 4.69) is 51.4 Å². The zero-order chi connectivity index (χ0) is 15.9. The average Bonchev–Trinajstić information content (AvgIpc) is 2.82. The Labute approximate surface area is 143 Å². The maximum Gasteiger partial charge on any atom is 0.0312 e. The van der Waals surface area contributed by atoms with Crippen molar-refractivity contribution < 1.29 is 0 Å². The number of aromatic nitrogens is 1. The van der Waals surface area contributed by atoms with Crippen molar-refractivity contribution in [2.45, 2.75) is 24.4 Å². The van der Waals surface area contributed by atoms with Crippen LogP contribution in [0.1, 0.15) is 17.5 Å². The Bertz CT molecular complexity index is 585. The molecule has 3 rings (SSSR count). The number of thioether (sulfide) groups is 1. The molecule has 1 fully saturated rings. The topological polar surface area (TPSA) is 19.4 Å². The van der Waals surface area contributed by atoms with Gasteiger partial charge in [-0.2, -0.15) is 0 Å². The van der Waals surface area contributed by atoms with Crippen molar-refractivity contribution in [3.8, 4) is 0 Å². The Morgan fingerprint density at radius 2 is 1.61 bits per heavy atom. The average molecular weight is 327 g/mol. The molecule has 0 aliphatic carbocycles. The predicted octanol–water partition coefficient (Wildman–Crippen LogP) is 3.51. The summed E-state index contributed by atoms with van der Waals surface area (Å²) in [5.41, 5.74) is 2.73. The fraction of sp³-hybridized carbons (Fsp3) is 0.421. The fourth-order valence-corrected chi connectivity index (χ4v) is 3.49. The van der Waals surface area contributed by atoms with Gasteiger partial charge in [0.2, 0.25) is 0 Å². The van der Waals surface area contributed by atoms with Gasteiger partial charge in [0.05, 0.1) is 0 Å². The van der Waals surface area contributed by atoms with Gasteiger partial charge in [-0.15, -0.1) is 11.8 Å². The van der Waals surface area contributed by atoms with E-state index in [9.17, 15) is 0 Å². The molecule has 1 aromatic heterocycles. The van der Waals surface area contributed by atoms with E-state index in [1.165, 1.54) is 35.5 Å². The summed E-state index contributed by atoms with van der Waals surface area (Å²) in [7, 11) is 0. The van der Waals surface area contributed by atoms with Gasteiger partial charge in [0.15, 0.2) is 0 Å². The molecule has 1 aliphatic rings. The molecule has 0 unspecified atom stereocenters. The Kier molecular flexibility index (Phi) is 6.08. The largest absolute Gasteiger partial charge is 0.298 e. The second-order valence-electron chi connectivity index (χ2n) is 6.12. The Hall–Kier alpha value is -1.36. The van der Waals surface area contributed by atoms with Crippen LogP contribution in [0.15, 0.2) is 53.7 Å². The minimum Gasteiger partial charge on any atom is -0.298 e. The van der Waals surface area contributed by atoms with Crippen molar-refractivity contribution in [2.75, 3.05) is 32.4 Å². The van der Waals surface area contributed by atoms with Gasteiger partial charge < -0.3 is 0 Å². The predicted molar refractivity (Wildman–Crippen MR) is 97.6 cm³/mol. The second-order valence-corrected chi connectivity index (χ2v) is 6.99. The van der Waals surface area contributed by atoms with E-state index < -0.39 is 0 Å². The Balaban J connectivity index is 1.51. The van der Waals surface area contributed by atoms with E-state index in [0.717, 1.165) is 26.2 Å². The second kappa shape index (κ2) is 8.48. The molecule has 3 nitrogen and oxygen atoms in total. The third kappa shape index (κ3) is 5.06. The van der Waals surface area contributed by atoms with Crippen LogP contribution in [0.4, 0.5) is 0 Å². The maximum absolute atomic E-state index is 4.22. The van der Waals surface area contributed by atoms with E-state index in [4.69, 9.17) is 0 Å². The van der Waals surface area contributed by atoms with Crippen LogP contribution in [0.3, 0.4) is 0 Å². The standard InChI is InChI=1S/C19H25N3S/c1-23-19-7-5-17(6-8-19)15-21-10-3-11-22(13-12-21)16-18-4-2-9-20-14-18/h2,4-9,14H,3,10-13,15-16H2,1H3. The minimum absolute atomic E-state index is 1.02. The molecule has 0 N–H and O–H groups in total. The summed E-state index contributed by atoms with van der Waals surface area (Å²) in [6.45, 7) is 6.73. The molecule has 2 heterocycles. The van der Waals surface area contributed by atoms with E-state index in [0.29, 0.717) is 0 Å². The Morgan fingerprint density at radius 1 is 0.913 bits per heavy atom. The molecule has 2 aromatic rings. The normalized spacial score (nSPS) is 17.1. The van der Waals surface area contributed by atoms with Gasteiger partial charge in [-0.1, -0.05) is 18.2 Å². The van der Waals surface area contributed by atoms with Crippen molar-refractivity contribution in [1.82, 2.24) is 14.8 Å². The van der Waals surface area contributed by atoms with E-state index in [1.54, 1.807) is 11.8 Å². The van der Waals surface area contributed by atoms with Gasteiger partial charge in [-0.05, 0) is 55.1 Å². The number of benzene rings is 1. The van der Waals surface area contributed by atoms with Crippen molar-refractivity contribution >= 4 is 11.8 Å². The number of hydrogen-bond acceptors (Lipinski definition) is 4. The third-order valence-electron chi connectivity index (χ3n) is 4.38. The summed E-state index contributed by atoms with van der Waals surface area (Å²) in [6, 6.07) is 13.2. The van der Waals surface area contributed by atoms with Crippen LogP contribution in [0.5, 0.6) is 0 Å². The fourth-order valence-electron chi connectivity index (χ4n) is 3.08. The number of hydrogen-bond donors (Lipinski definition) is 0. The van der Waals surface area contributed by atoms with Crippen LogP contribution in [-0.4, -0.2) is 47.2 Å². The Morgan fingerprint density at radius 3 is 2.22 bits per heavy atom. The van der Waals surface area contributed by atoms with Gasteiger partial charge in [-0.25, -0.2) is 0 Å². The van der Waals surface area contributed by atoms with Crippen LogP contribution in [0.2, 0.25) is 0 Å². The van der Waals surface area contributed by atoms with Crippen LogP contribution in [-0.2, 0) is 13.1 Å². The van der Waals surface area contributed by atoms with Crippen molar-refractivity contribution in [3.05, 3.63) is 59.9 Å². The van der Waals surface area contributed by atoms with Crippen molar-refractivity contribution in [2.24, 2.45) is 0 Å². The monoisotopic (exact) mass is 327 g/mol. The molecule has 0 bridgehead atoms. The van der Waals surface area contributed by atoms with Crippen LogP contribution in [0, 0.1) is 0 Å². The van der Waals surface area contributed by atoms with Crippen LogP contribution in [0.25, 0.3) is 0 Å². The zero-order valence-corrected chi connectivity index (χ0v) is 14.6. The molecule has 4 heteroatoms. The first kappa shape index (κ1) is 16.5. The van der Waals surface area contributed by atoms with Gasteiger partial charge >= 0.3 is 0 Å². The summed E-state index contributed by atoms with van der Waals surface area (Å²) in [5.74, 6) is 0. The number of rotatable bonds is 5. The lowest BCUT2D eigenvalue weighted by atomic mass is 10.2. The molecular weight excluding hydrogens is 302 g/mol. The number of nitrogens with zero attached hydrogens (tertiary/aromatic N) is 3. The molecule has 0 spiro atoms. The van der Waals surface area contributed by atoms with Gasteiger partial charge in [0.25, 0.3) is 0 Å². The minimum atomic E-state index is 1.02. The highest BCUT2D eigenvalue weighted by Gasteiger charge is 2.15. The van der Waals surface area contributed by atoms with E-state index >= 15 is 0 Å². The number of pyridine rings is 1. The quantitative estimate of drug-likeness (QED) is 0.782. The molecule has 1 aromatic carbocycles. The molecule has 1 saturated heterocycles. The lowest BCUT2D eigenvalue weighted by Gasteiger charge is -2.22. The van der Waals surface area contributed by atoms with Gasteiger partial charge in [0.1, 0.15) is 0 Å². The smallest absolute Gasteiger partial charge is 0.0312 e. The molecule has 1 aliphatic heterocycles. The molecule has 23 heavy (non-hydrogen) atoms. The van der Waals surface area contributed by atoms with Crippen LogP contribution < -0.4 is 0 Å². The highest BCUT2D eigenvalue weighted by molar-refractivity contribution is 7.98. The van der Waals surface area contributed by atoms with E-state index in [-0.39, 0.29) is 0 Å². The summed E-state index contributed by atoms with van der Waals surface area (Å²) >= 11 is 1.80. The SMILES string of the molecule is CSc1ccc(CN2CCCN(Cc3cccnc3)CC2)cc1. The van der Waals surface area contributed by atoms with Crippen molar-refractivity contribution in [1.29, 1.82) is 0 Å². The zero-order valence-electron chi connectivity index (χ0n) is 13.8. The first-order chi connectivity index (χ1) is 11.3. The third-order valence-corrected chi connectivity index (χ3v) is 5.12. The molecule has 0 saturated carbocycles. The van der Waals surface area contributed by atoms with Crippen molar-refractivity contribution in [3.63, 3.8) is 0 Å². The lowest BCUT2D eigenvalue weighted by Crippen LogP contribution is -2.30. The maximum atomic E-state index is 4.22. The summed E-state index contributed by atoms with van der Waals surface area (Å²) < 4.78 is 0. The van der Waals surface area contributed by atoms with Crippen LogP contribution >= 0.6 is 11.8 Å². The highest BCUT2D eigenvalue weighted by Crippen LogP contribution is 2.17. The first-order valence-electron chi connectivity index (χ1n) is 8.30. The first-order valence-corrected chi connectivity index (χ1v) is 9.52. The summed E-state index contributed by atoms with van der Waals surface area (Å²) in [5, 5.41) is 0. The highest BCUT2D eigenvalue weighted by atomic mass is 32.2. The van der Waals surface area contributed by atoms with Gasteiger partial charge in [-0.3, -0.25) is 14.8 Å². The summed E-state index contributed by atoms with van der Waals surface area (Å²) in [4.78, 5) is 10.7. The molecule has 0 amide bonds. The molecule has 122 valence electrons. The molecule has 0 radical (unpaired) electrons. The summed E-state index contributed by atoms with van der Waals surface area (Å²) in [6.07, 6.45) is 7.19. The van der Waals surface area contributed by atoms with Gasteiger partial charge in [0, 0.05) is 43.5 Å². The lowest BCUT2D eigenvalue weighted by molar-refractivity contribution is 0.247. The van der Waals surface area contributed by atoms with E-state index in [1.807, 2.05) is 18.5 Å².